The first-order chi connectivity index (χ1) is 16.1. The highest BCUT2D eigenvalue weighted by Crippen LogP contribution is 2.31. The zero-order valence-corrected chi connectivity index (χ0v) is 19.2. The van der Waals surface area contributed by atoms with Crippen molar-refractivity contribution in [2.45, 2.75) is 26.2 Å². The van der Waals surface area contributed by atoms with E-state index in [9.17, 15) is 9.59 Å². The van der Waals surface area contributed by atoms with Gasteiger partial charge in [-0.3, -0.25) is 9.59 Å². The molecule has 3 aromatic rings. The lowest BCUT2D eigenvalue weighted by molar-refractivity contribution is -0.121. The van der Waals surface area contributed by atoms with E-state index >= 15 is 0 Å². The summed E-state index contributed by atoms with van der Waals surface area (Å²) in [6.07, 6.45) is 2.42. The monoisotopic (exact) mass is 446 g/mol. The third-order valence-corrected chi connectivity index (χ3v) is 6.02. The van der Waals surface area contributed by atoms with E-state index in [1.54, 1.807) is 12.0 Å². The maximum atomic E-state index is 13.4. The number of methoxy groups -OCH3 is 1. The molecular formula is C27H30N2O4. The van der Waals surface area contributed by atoms with Crippen molar-refractivity contribution in [1.29, 1.82) is 0 Å². The van der Waals surface area contributed by atoms with Crippen molar-refractivity contribution in [3.63, 3.8) is 0 Å². The van der Waals surface area contributed by atoms with E-state index in [1.165, 1.54) is 0 Å². The largest absolute Gasteiger partial charge is 0.496 e. The van der Waals surface area contributed by atoms with Crippen LogP contribution in [0.4, 0.5) is 5.69 Å². The Morgan fingerprint density at radius 3 is 2.55 bits per heavy atom. The molecule has 1 atom stereocenters. The molecule has 1 heterocycles. The standard InChI is InChI=1S/C27H30N2O4/c1-3-17-33-25-13-7-6-12-23(25)28-26(30)19-9-8-16-29(18-19)27(31)22-14-15-24(32-2)21-11-5-4-10-20(21)22/h4-7,10-15,19H,3,8-9,16-18H2,1-2H3,(H,28,30). The second-order valence-corrected chi connectivity index (χ2v) is 8.29. The number of fused-ring (bicyclic) bond motifs is 1. The van der Waals surface area contributed by atoms with E-state index in [1.807, 2.05) is 67.6 Å². The van der Waals surface area contributed by atoms with Crippen molar-refractivity contribution in [2.24, 2.45) is 5.92 Å². The van der Waals surface area contributed by atoms with Gasteiger partial charge in [0.25, 0.3) is 5.91 Å². The first kappa shape index (κ1) is 22.6. The molecule has 1 unspecified atom stereocenters. The van der Waals surface area contributed by atoms with Crippen molar-refractivity contribution >= 4 is 28.3 Å². The van der Waals surface area contributed by atoms with Gasteiger partial charge in [-0.25, -0.2) is 0 Å². The number of rotatable bonds is 7. The smallest absolute Gasteiger partial charge is 0.254 e. The van der Waals surface area contributed by atoms with Gasteiger partial charge in [-0.1, -0.05) is 43.3 Å². The SMILES string of the molecule is CCCOc1ccccc1NC(=O)C1CCCN(C(=O)c2ccc(OC)c3ccccc23)C1. The summed E-state index contributed by atoms with van der Waals surface area (Å²) < 4.78 is 11.2. The number of amides is 2. The molecule has 1 fully saturated rings. The predicted molar refractivity (Wildman–Crippen MR) is 130 cm³/mol. The lowest BCUT2D eigenvalue weighted by atomic mass is 9.95. The minimum atomic E-state index is -0.272. The fraction of sp³-hybridized carbons (Fsp3) is 0.333. The van der Waals surface area contributed by atoms with Gasteiger partial charge < -0.3 is 19.7 Å². The van der Waals surface area contributed by atoms with Crippen molar-refractivity contribution in [1.82, 2.24) is 4.90 Å². The summed E-state index contributed by atoms with van der Waals surface area (Å²) in [5.74, 6) is 0.993. The number of nitrogens with one attached hydrogen (secondary N) is 1. The van der Waals surface area contributed by atoms with E-state index in [0.717, 1.165) is 35.8 Å². The van der Waals surface area contributed by atoms with E-state index in [4.69, 9.17) is 9.47 Å². The Kier molecular flexibility index (Phi) is 7.13. The molecule has 172 valence electrons. The Balaban J connectivity index is 1.50. The van der Waals surface area contributed by atoms with Gasteiger partial charge >= 0.3 is 0 Å². The van der Waals surface area contributed by atoms with Crippen molar-refractivity contribution in [3.05, 3.63) is 66.2 Å². The molecule has 6 heteroatoms. The highest BCUT2D eigenvalue weighted by molar-refractivity contribution is 6.08. The van der Waals surface area contributed by atoms with Crippen molar-refractivity contribution in [2.75, 3.05) is 32.1 Å². The molecule has 0 aliphatic carbocycles. The van der Waals surface area contributed by atoms with Crippen LogP contribution in [-0.4, -0.2) is 43.5 Å². The Morgan fingerprint density at radius 1 is 1.00 bits per heavy atom. The van der Waals surface area contributed by atoms with Crippen LogP contribution in [0.5, 0.6) is 11.5 Å². The zero-order chi connectivity index (χ0) is 23.2. The average molecular weight is 447 g/mol. The number of anilines is 1. The number of hydrogen-bond donors (Lipinski definition) is 1. The average Bonchev–Trinajstić information content (AvgIpc) is 2.87. The van der Waals surface area contributed by atoms with Gasteiger partial charge in [0.1, 0.15) is 11.5 Å². The molecule has 6 nitrogen and oxygen atoms in total. The highest BCUT2D eigenvalue weighted by atomic mass is 16.5. The fourth-order valence-corrected chi connectivity index (χ4v) is 4.32. The number of carbonyl (C=O) groups is 2. The summed E-state index contributed by atoms with van der Waals surface area (Å²) >= 11 is 0. The molecule has 0 spiro atoms. The fourth-order valence-electron chi connectivity index (χ4n) is 4.32. The molecule has 3 aromatic carbocycles. The summed E-state index contributed by atoms with van der Waals surface area (Å²) in [4.78, 5) is 28.3. The number of ether oxygens (including phenoxy) is 2. The maximum absolute atomic E-state index is 13.4. The molecule has 1 aliphatic heterocycles. The van der Waals surface area contributed by atoms with Crippen molar-refractivity contribution < 1.29 is 19.1 Å². The Hall–Kier alpha value is -3.54. The van der Waals surface area contributed by atoms with Gasteiger partial charge in [0.2, 0.25) is 5.91 Å². The topological polar surface area (TPSA) is 67.9 Å². The second-order valence-electron chi connectivity index (χ2n) is 8.29. The Morgan fingerprint density at radius 2 is 1.76 bits per heavy atom. The Labute approximate surface area is 194 Å². The molecule has 0 bridgehead atoms. The van der Waals surface area contributed by atoms with Gasteiger partial charge in [-0.15, -0.1) is 0 Å². The van der Waals surface area contributed by atoms with Crippen LogP contribution >= 0.6 is 0 Å². The molecule has 0 saturated carbocycles. The van der Waals surface area contributed by atoms with Crippen LogP contribution in [0.2, 0.25) is 0 Å². The minimum Gasteiger partial charge on any atom is -0.496 e. The molecule has 4 rings (SSSR count). The summed E-state index contributed by atoms with van der Waals surface area (Å²) in [7, 11) is 1.63. The molecule has 1 aliphatic rings. The highest BCUT2D eigenvalue weighted by Gasteiger charge is 2.30. The molecule has 33 heavy (non-hydrogen) atoms. The molecule has 1 saturated heterocycles. The Bertz CT molecular complexity index is 1140. The molecular weight excluding hydrogens is 416 g/mol. The van der Waals surface area contributed by atoms with E-state index in [0.29, 0.717) is 36.7 Å². The van der Waals surface area contributed by atoms with Crippen LogP contribution < -0.4 is 14.8 Å². The number of nitrogens with zero attached hydrogens (tertiary/aromatic N) is 1. The number of para-hydroxylation sites is 2. The minimum absolute atomic E-state index is 0.0574. The van der Waals surface area contributed by atoms with Gasteiger partial charge in [0.15, 0.2) is 0 Å². The normalized spacial score (nSPS) is 15.8. The van der Waals surface area contributed by atoms with Crippen LogP contribution in [0.3, 0.4) is 0 Å². The van der Waals surface area contributed by atoms with Crippen LogP contribution in [0.15, 0.2) is 60.7 Å². The van der Waals surface area contributed by atoms with Crippen LogP contribution in [0.25, 0.3) is 10.8 Å². The molecule has 1 N–H and O–H groups in total. The van der Waals surface area contributed by atoms with Crippen LogP contribution in [-0.2, 0) is 4.79 Å². The van der Waals surface area contributed by atoms with Gasteiger partial charge in [-0.2, -0.15) is 0 Å². The first-order valence-corrected chi connectivity index (χ1v) is 11.5. The van der Waals surface area contributed by atoms with Gasteiger partial charge in [0.05, 0.1) is 25.3 Å². The number of carbonyl (C=O) groups excluding carboxylic acids is 2. The lowest BCUT2D eigenvalue weighted by Crippen LogP contribution is -2.43. The molecule has 0 aromatic heterocycles. The second kappa shape index (κ2) is 10.4. The maximum Gasteiger partial charge on any atom is 0.254 e. The quantitative estimate of drug-likeness (QED) is 0.546. The van der Waals surface area contributed by atoms with Crippen LogP contribution in [0, 0.1) is 5.92 Å². The number of likely N-dealkylation sites (tertiary alicyclic amines) is 1. The number of hydrogen-bond acceptors (Lipinski definition) is 4. The van der Waals surface area contributed by atoms with E-state index in [-0.39, 0.29) is 17.7 Å². The molecule has 0 radical (unpaired) electrons. The third kappa shape index (κ3) is 4.95. The third-order valence-electron chi connectivity index (χ3n) is 6.02. The summed E-state index contributed by atoms with van der Waals surface area (Å²) in [6, 6.07) is 18.9. The van der Waals surface area contributed by atoms with Crippen LogP contribution in [0.1, 0.15) is 36.5 Å². The summed E-state index contributed by atoms with van der Waals surface area (Å²) in [5.41, 5.74) is 1.30. The van der Waals surface area contributed by atoms with Crippen molar-refractivity contribution in [3.8, 4) is 11.5 Å². The zero-order valence-electron chi connectivity index (χ0n) is 19.2. The summed E-state index contributed by atoms with van der Waals surface area (Å²) in [6.45, 7) is 3.66. The predicted octanol–water partition coefficient (Wildman–Crippen LogP) is 5.13. The summed E-state index contributed by atoms with van der Waals surface area (Å²) in [5, 5.41) is 4.78. The van der Waals surface area contributed by atoms with Gasteiger partial charge in [-0.05, 0) is 48.9 Å². The van der Waals surface area contributed by atoms with E-state index in [2.05, 4.69) is 5.32 Å². The number of benzene rings is 3. The first-order valence-electron chi connectivity index (χ1n) is 11.5. The van der Waals surface area contributed by atoms with E-state index < -0.39 is 0 Å². The number of piperidine rings is 1. The molecule has 2 amide bonds. The van der Waals surface area contributed by atoms with Gasteiger partial charge in [0, 0.05) is 24.0 Å². The lowest BCUT2D eigenvalue weighted by Gasteiger charge is -2.32.